The number of rotatable bonds is 3. The lowest BCUT2D eigenvalue weighted by Gasteiger charge is -1.97. The first kappa shape index (κ1) is 7.39. The molecule has 0 unspecified atom stereocenters. The Morgan fingerprint density at radius 1 is 1.62 bits per heavy atom. The number of hydroxylamine groups is 1. The molecule has 0 aromatic rings. The highest BCUT2D eigenvalue weighted by atomic mass is 16.6. The van der Waals surface area contributed by atoms with Crippen LogP contribution in [0.2, 0.25) is 0 Å². The molecule has 8 heavy (non-hydrogen) atoms. The van der Waals surface area contributed by atoms with Crippen molar-refractivity contribution in [1.29, 1.82) is 0 Å². The lowest BCUT2D eigenvalue weighted by atomic mass is 10.7. The van der Waals surface area contributed by atoms with E-state index in [1.165, 1.54) is 0 Å². The standard InChI is InChI=1S/C4H10N2O2/c1-5-4(7)3-8-6-2/h6H,3H2,1-2H3,(H,5,7). The van der Waals surface area contributed by atoms with Crippen molar-refractivity contribution in [3.8, 4) is 0 Å². The fourth-order valence-corrected chi connectivity index (χ4v) is 0.210. The second-order valence-corrected chi connectivity index (χ2v) is 1.17. The van der Waals surface area contributed by atoms with Gasteiger partial charge in [-0.25, -0.2) is 5.48 Å². The third-order valence-electron chi connectivity index (χ3n) is 0.626. The first-order valence-electron chi connectivity index (χ1n) is 2.30. The number of carbonyl (C=O) groups is 1. The maximum absolute atomic E-state index is 10.3. The molecule has 0 atom stereocenters. The van der Waals surface area contributed by atoms with Gasteiger partial charge >= 0.3 is 0 Å². The van der Waals surface area contributed by atoms with E-state index in [0.29, 0.717) is 0 Å². The van der Waals surface area contributed by atoms with Crippen molar-refractivity contribution in [3.63, 3.8) is 0 Å². The van der Waals surface area contributed by atoms with Gasteiger partial charge < -0.3 is 5.32 Å². The fourth-order valence-electron chi connectivity index (χ4n) is 0.210. The summed E-state index contributed by atoms with van der Waals surface area (Å²) >= 11 is 0. The molecule has 0 radical (unpaired) electrons. The minimum absolute atomic E-state index is 0.0625. The number of carbonyl (C=O) groups excluding carboxylic acids is 1. The van der Waals surface area contributed by atoms with Gasteiger partial charge in [0.2, 0.25) is 5.91 Å². The lowest BCUT2D eigenvalue weighted by Crippen LogP contribution is -2.26. The molecule has 4 heteroatoms. The van der Waals surface area contributed by atoms with Crippen LogP contribution in [0.15, 0.2) is 0 Å². The largest absolute Gasteiger partial charge is 0.357 e. The highest BCUT2D eigenvalue weighted by molar-refractivity contribution is 5.76. The Labute approximate surface area is 48.2 Å². The first-order valence-corrected chi connectivity index (χ1v) is 2.30. The highest BCUT2D eigenvalue weighted by Crippen LogP contribution is 1.63. The van der Waals surface area contributed by atoms with Gasteiger partial charge in [-0.15, -0.1) is 0 Å². The van der Waals surface area contributed by atoms with Crippen LogP contribution in [0.3, 0.4) is 0 Å². The van der Waals surface area contributed by atoms with Gasteiger partial charge in [0, 0.05) is 14.1 Å². The summed E-state index contributed by atoms with van der Waals surface area (Å²) in [6.45, 7) is 0.0625. The minimum atomic E-state index is -0.139. The zero-order valence-corrected chi connectivity index (χ0v) is 5.02. The molecule has 0 fully saturated rings. The molecule has 0 heterocycles. The Hall–Kier alpha value is -0.610. The van der Waals surface area contributed by atoms with Gasteiger partial charge in [-0.3, -0.25) is 9.63 Å². The van der Waals surface area contributed by atoms with Crippen molar-refractivity contribution in [2.45, 2.75) is 0 Å². The summed E-state index contributed by atoms with van der Waals surface area (Å²) in [5.74, 6) is -0.139. The summed E-state index contributed by atoms with van der Waals surface area (Å²) < 4.78 is 0. The maximum Gasteiger partial charge on any atom is 0.247 e. The summed E-state index contributed by atoms with van der Waals surface area (Å²) in [6, 6.07) is 0. The average molecular weight is 118 g/mol. The van der Waals surface area contributed by atoms with Gasteiger partial charge in [-0.2, -0.15) is 0 Å². The summed E-state index contributed by atoms with van der Waals surface area (Å²) in [7, 11) is 3.16. The van der Waals surface area contributed by atoms with Crippen LogP contribution in [0.4, 0.5) is 0 Å². The van der Waals surface area contributed by atoms with Crippen LogP contribution in [0, 0.1) is 0 Å². The first-order chi connectivity index (χ1) is 3.81. The fraction of sp³-hybridized carbons (Fsp3) is 0.750. The number of nitrogens with one attached hydrogen (secondary N) is 2. The third kappa shape index (κ3) is 3.58. The number of hydrogen-bond acceptors (Lipinski definition) is 3. The molecular weight excluding hydrogens is 108 g/mol. The highest BCUT2D eigenvalue weighted by Gasteiger charge is 1.92. The summed E-state index contributed by atoms with van der Waals surface area (Å²) in [6.07, 6.45) is 0. The van der Waals surface area contributed by atoms with Crippen LogP contribution in [-0.4, -0.2) is 26.6 Å². The van der Waals surface area contributed by atoms with Gasteiger partial charge in [-0.1, -0.05) is 0 Å². The van der Waals surface area contributed by atoms with Crippen LogP contribution in [0.25, 0.3) is 0 Å². The van der Waals surface area contributed by atoms with E-state index in [1.807, 2.05) is 0 Å². The molecule has 0 aliphatic carbocycles. The average Bonchev–Trinajstić information content (AvgIpc) is 1.83. The second-order valence-electron chi connectivity index (χ2n) is 1.17. The topological polar surface area (TPSA) is 50.4 Å². The SMILES string of the molecule is CNOCC(=O)NC. The zero-order chi connectivity index (χ0) is 6.41. The molecule has 0 saturated carbocycles. The molecule has 1 amide bonds. The summed E-state index contributed by atoms with van der Waals surface area (Å²) in [4.78, 5) is 14.8. The van der Waals surface area contributed by atoms with Crippen molar-refractivity contribution in [2.75, 3.05) is 20.7 Å². The monoisotopic (exact) mass is 118 g/mol. The van der Waals surface area contributed by atoms with E-state index in [4.69, 9.17) is 0 Å². The summed E-state index contributed by atoms with van der Waals surface area (Å²) in [5, 5.41) is 2.40. The van der Waals surface area contributed by atoms with Crippen LogP contribution in [0.1, 0.15) is 0 Å². The minimum Gasteiger partial charge on any atom is -0.357 e. The van der Waals surface area contributed by atoms with Crippen molar-refractivity contribution in [3.05, 3.63) is 0 Å². The van der Waals surface area contributed by atoms with E-state index in [9.17, 15) is 4.79 Å². The molecule has 0 aromatic heterocycles. The molecule has 0 aliphatic heterocycles. The Balaban J connectivity index is 2.99. The van der Waals surface area contributed by atoms with Gasteiger partial charge in [-0.05, 0) is 0 Å². The van der Waals surface area contributed by atoms with Gasteiger partial charge in [0.1, 0.15) is 6.61 Å². The molecule has 0 spiro atoms. The molecule has 0 saturated heterocycles. The van der Waals surface area contributed by atoms with Gasteiger partial charge in [0.15, 0.2) is 0 Å². The van der Waals surface area contributed by atoms with E-state index >= 15 is 0 Å². The van der Waals surface area contributed by atoms with Crippen molar-refractivity contribution in [2.24, 2.45) is 0 Å². The molecular formula is C4H10N2O2. The predicted molar refractivity (Wildman–Crippen MR) is 29.1 cm³/mol. The Bertz CT molecular complexity index is 74.4. The van der Waals surface area contributed by atoms with Crippen LogP contribution >= 0.6 is 0 Å². The van der Waals surface area contributed by atoms with E-state index in [-0.39, 0.29) is 12.5 Å². The third-order valence-corrected chi connectivity index (χ3v) is 0.626. The molecule has 0 aromatic carbocycles. The lowest BCUT2D eigenvalue weighted by molar-refractivity contribution is -0.127. The van der Waals surface area contributed by atoms with Crippen LogP contribution in [0.5, 0.6) is 0 Å². The van der Waals surface area contributed by atoms with Crippen molar-refractivity contribution in [1.82, 2.24) is 10.8 Å². The second kappa shape index (κ2) is 4.55. The van der Waals surface area contributed by atoms with E-state index < -0.39 is 0 Å². The predicted octanol–water partition coefficient (Wildman–Crippen LogP) is -1.12. The number of hydrogen-bond donors (Lipinski definition) is 2. The van der Waals surface area contributed by atoms with E-state index in [2.05, 4.69) is 15.6 Å². The van der Waals surface area contributed by atoms with E-state index in [1.54, 1.807) is 14.1 Å². The van der Waals surface area contributed by atoms with Crippen LogP contribution < -0.4 is 10.8 Å². The van der Waals surface area contributed by atoms with Gasteiger partial charge in [0.25, 0.3) is 0 Å². The molecule has 0 rings (SSSR count). The number of likely N-dealkylation sites (N-methyl/N-ethyl adjacent to an activating group) is 1. The Morgan fingerprint density at radius 3 is 2.62 bits per heavy atom. The summed E-state index contributed by atoms with van der Waals surface area (Å²) in [5.41, 5.74) is 2.37. The normalized spacial score (nSPS) is 8.75. The maximum atomic E-state index is 10.3. The Kier molecular flexibility index (Phi) is 4.20. The Morgan fingerprint density at radius 2 is 2.25 bits per heavy atom. The molecule has 0 bridgehead atoms. The molecule has 0 aliphatic rings. The quantitative estimate of drug-likeness (QED) is 0.462. The van der Waals surface area contributed by atoms with Crippen molar-refractivity contribution < 1.29 is 9.63 Å². The smallest absolute Gasteiger partial charge is 0.247 e. The molecule has 2 N–H and O–H groups in total. The zero-order valence-electron chi connectivity index (χ0n) is 5.02. The van der Waals surface area contributed by atoms with Crippen molar-refractivity contribution >= 4 is 5.91 Å². The van der Waals surface area contributed by atoms with Crippen LogP contribution in [-0.2, 0) is 9.63 Å². The molecule has 4 nitrogen and oxygen atoms in total. The van der Waals surface area contributed by atoms with Gasteiger partial charge in [0.05, 0.1) is 0 Å². The van der Waals surface area contributed by atoms with E-state index in [0.717, 1.165) is 0 Å². The molecule has 48 valence electrons. The number of amides is 1.